The number of fused-ring (bicyclic) bond motifs is 1. The Hall–Kier alpha value is -1.68. The van der Waals surface area contributed by atoms with Gasteiger partial charge in [-0.05, 0) is 54.8 Å². The smallest absolute Gasteiger partial charge is 0.194 e. The third-order valence-corrected chi connectivity index (χ3v) is 4.04. The highest BCUT2D eigenvalue weighted by atomic mass is 79.9. The maximum atomic E-state index is 13.3. The third kappa shape index (κ3) is 2.48. The van der Waals surface area contributed by atoms with Gasteiger partial charge >= 0.3 is 0 Å². The third-order valence-electron chi connectivity index (χ3n) is 3.34. The zero-order valence-electron chi connectivity index (χ0n) is 10.7. The molecule has 20 heavy (non-hydrogen) atoms. The van der Waals surface area contributed by atoms with Crippen LogP contribution in [0.5, 0.6) is 5.75 Å². The molecule has 1 heterocycles. The zero-order chi connectivity index (χ0) is 14.1. The lowest BCUT2D eigenvalue weighted by molar-refractivity contribution is 0.103. The van der Waals surface area contributed by atoms with Gasteiger partial charge in [-0.25, -0.2) is 4.39 Å². The second kappa shape index (κ2) is 5.37. The molecule has 0 aromatic heterocycles. The molecule has 0 aliphatic carbocycles. The summed E-state index contributed by atoms with van der Waals surface area (Å²) < 4.78 is 19.4. The number of benzene rings is 2. The number of carbonyl (C=O) groups excluding carboxylic acids is 1. The second-order valence-corrected chi connectivity index (χ2v) is 5.58. The standard InChI is InChI=1S/C16H12BrFO2/c17-14-5-4-12(18)9-13(14)16(19)11-3-6-15-10(8-11)2-1-7-20-15/h3-6,8-9H,1-2,7H2. The Morgan fingerprint density at radius 2 is 2.05 bits per heavy atom. The van der Waals surface area contributed by atoms with Crippen LogP contribution in [0.25, 0.3) is 0 Å². The molecule has 1 aliphatic rings. The van der Waals surface area contributed by atoms with Crippen molar-refractivity contribution in [3.63, 3.8) is 0 Å². The van der Waals surface area contributed by atoms with Crippen molar-refractivity contribution in [2.45, 2.75) is 12.8 Å². The van der Waals surface area contributed by atoms with Crippen molar-refractivity contribution in [1.82, 2.24) is 0 Å². The Morgan fingerprint density at radius 3 is 2.90 bits per heavy atom. The summed E-state index contributed by atoms with van der Waals surface area (Å²) in [7, 11) is 0. The largest absolute Gasteiger partial charge is 0.493 e. The van der Waals surface area contributed by atoms with Crippen LogP contribution < -0.4 is 4.74 Å². The van der Waals surface area contributed by atoms with Gasteiger partial charge in [-0.1, -0.05) is 15.9 Å². The van der Waals surface area contributed by atoms with Crippen LogP contribution in [0.15, 0.2) is 40.9 Å². The summed E-state index contributed by atoms with van der Waals surface area (Å²) in [5.74, 6) is 0.230. The minimum atomic E-state index is -0.419. The van der Waals surface area contributed by atoms with Crippen molar-refractivity contribution in [2.75, 3.05) is 6.61 Å². The average Bonchev–Trinajstić information content (AvgIpc) is 2.48. The Balaban J connectivity index is 2.00. The Morgan fingerprint density at radius 1 is 1.20 bits per heavy atom. The molecule has 2 nitrogen and oxygen atoms in total. The van der Waals surface area contributed by atoms with Gasteiger partial charge in [0, 0.05) is 15.6 Å². The van der Waals surface area contributed by atoms with Gasteiger partial charge in [0.05, 0.1) is 6.61 Å². The maximum absolute atomic E-state index is 13.3. The van der Waals surface area contributed by atoms with Crippen LogP contribution in [0.2, 0.25) is 0 Å². The van der Waals surface area contributed by atoms with E-state index in [0.29, 0.717) is 15.6 Å². The molecular formula is C16H12BrFO2. The lowest BCUT2D eigenvalue weighted by Crippen LogP contribution is -2.10. The van der Waals surface area contributed by atoms with E-state index in [4.69, 9.17) is 4.74 Å². The first-order chi connectivity index (χ1) is 9.65. The van der Waals surface area contributed by atoms with Gasteiger partial charge in [0.25, 0.3) is 0 Å². The van der Waals surface area contributed by atoms with Gasteiger partial charge in [0.1, 0.15) is 11.6 Å². The average molecular weight is 335 g/mol. The molecule has 0 spiro atoms. The minimum absolute atomic E-state index is 0.190. The fraction of sp³-hybridized carbons (Fsp3) is 0.188. The van der Waals surface area contributed by atoms with Crippen molar-refractivity contribution in [1.29, 1.82) is 0 Å². The fourth-order valence-corrected chi connectivity index (χ4v) is 2.76. The summed E-state index contributed by atoms with van der Waals surface area (Å²) in [5.41, 5.74) is 1.93. The molecule has 0 saturated heterocycles. The molecule has 0 saturated carbocycles. The Labute approximate surface area is 124 Å². The molecule has 2 aromatic carbocycles. The minimum Gasteiger partial charge on any atom is -0.493 e. The monoisotopic (exact) mass is 334 g/mol. The molecule has 4 heteroatoms. The van der Waals surface area contributed by atoms with E-state index in [1.807, 2.05) is 12.1 Å². The van der Waals surface area contributed by atoms with Crippen LogP contribution in [-0.4, -0.2) is 12.4 Å². The molecule has 1 aliphatic heterocycles. The van der Waals surface area contributed by atoms with Crippen LogP contribution in [0.3, 0.4) is 0 Å². The number of carbonyl (C=O) groups is 1. The molecule has 2 aromatic rings. The molecule has 0 amide bonds. The molecule has 0 radical (unpaired) electrons. The molecule has 0 fully saturated rings. The summed E-state index contributed by atoms with van der Waals surface area (Å²) in [5, 5.41) is 0. The summed E-state index contributed by atoms with van der Waals surface area (Å²) in [6.07, 6.45) is 1.86. The number of ketones is 1. The van der Waals surface area contributed by atoms with Gasteiger partial charge in [-0.3, -0.25) is 4.79 Å². The van der Waals surface area contributed by atoms with Gasteiger partial charge in [0.2, 0.25) is 0 Å². The number of ether oxygens (including phenoxy) is 1. The highest BCUT2D eigenvalue weighted by molar-refractivity contribution is 9.10. The van der Waals surface area contributed by atoms with Crippen molar-refractivity contribution < 1.29 is 13.9 Å². The first-order valence-electron chi connectivity index (χ1n) is 6.40. The van der Waals surface area contributed by atoms with Crippen molar-refractivity contribution >= 4 is 21.7 Å². The highest BCUT2D eigenvalue weighted by Crippen LogP contribution is 2.28. The summed E-state index contributed by atoms with van der Waals surface area (Å²) in [6.45, 7) is 0.718. The highest BCUT2D eigenvalue weighted by Gasteiger charge is 2.17. The number of hydrogen-bond donors (Lipinski definition) is 0. The van der Waals surface area contributed by atoms with Crippen LogP contribution in [0.4, 0.5) is 4.39 Å². The zero-order valence-corrected chi connectivity index (χ0v) is 12.2. The topological polar surface area (TPSA) is 26.3 Å². The van der Waals surface area contributed by atoms with Crippen molar-refractivity contribution in [3.8, 4) is 5.75 Å². The van der Waals surface area contributed by atoms with Crippen LogP contribution >= 0.6 is 15.9 Å². The molecule has 3 rings (SSSR count). The molecular weight excluding hydrogens is 323 g/mol. The normalized spacial score (nSPS) is 13.5. The molecule has 0 atom stereocenters. The predicted octanol–water partition coefficient (Wildman–Crippen LogP) is 4.14. The van der Waals surface area contributed by atoms with E-state index >= 15 is 0 Å². The number of rotatable bonds is 2. The van der Waals surface area contributed by atoms with E-state index in [1.54, 1.807) is 12.1 Å². The van der Waals surface area contributed by atoms with Crippen LogP contribution in [0.1, 0.15) is 27.9 Å². The fourth-order valence-electron chi connectivity index (χ4n) is 2.33. The first kappa shape index (κ1) is 13.3. The Kier molecular flexibility index (Phi) is 3.57. The van der Waals surface area contributed by atoms with Crippen molar-refractivity contribution in [3.05, 3.63) is 63.4 Å². The number of hydrogen-bond acceptors (Lipinski definition) is 2. The van der Waals surface area contributed by atoms with E-state index < -0.39 is 5.82 Å². The molecule has 0 bridgehead atoms. The van der Waals surface area contributed by atoms with E-state index in [9.17, 15) is 9.18 Å². The van der Waals surface area contributed by atoms with Gasteiger partial charge in [0.15, 0.2) is 5.78 Å². The molecule has 0 N–H and O–H groups in total. The summed E-state index contributed by atoms with van der Waals surface area (Å²) in [6, 6.07) is 9.50. The van der Waals surface area contributed by atoms with Crippen molar-refractivity contribution in [2.24, 2.45) is 0 Å². The van der Waals surface area contributed by atoms with Crippen LogP contribution in [0, 0.1) is 5.82 Å². The summed E-state index contributed by atoms with van der Waals surface area (Å²) >= 11 is 3.29. The lowest BCUT2D eigenvalue weighted by atomic mass is 9.98. The number of aryl methyl sites for hydroxylation is 1. The molecule has 102 valence electrons. The SMILES string of the molecule is O=C(c1ccc2c(c1)CCCO2)c1cc(F)ccc1Br. The quantitative estimate of drug-likeness (QED) is 0.771. The number of halogens is 2. The maximum Gasteiger partial charge on any atom is 0.194 e. The Bertz CT molecular complexity index is 682. The van der Waals surface area contributed by atoms with Gasteiger partial charge in [-0.2, -0.15) is 0 Å². The van der Waals surface area contributed by atoms with Crippen LogP contribution in [-0.2, 0) is 6.42 Å². The first-order valence-corrected chi connectivity index (χ1v) is 7.20. The second-order valence-electron chi connectivity index (χ2n) is 4.73. The van der Waals surface area contributed by atoms with Gasteiger partial charge in [-0.15, -0.1) is 0 Å². The summed E-state index contributed by atoms with van der Waals surface area (Å²) in [4.78, 5) is 12.5. The van der Waals surface area contributed by atoms with E-state index in [1.165, 1.54) is 12.1 Å². The van der Waals surface area contributed by atoms with Gasteiger partial charge < -0.3 is 4.74 Å². The molecule has 0 unspecified atom stereocenters. The lowest BCUT2D eigenvalue weighted by Gasteiger charge is -2.17. The van der Waals surface area contributed by atoms with E-state index in [2.05, 4.69) is 15.9 Å². The predicted molar refractivity (Wildman–Crippen MR) is 77.8 cm³/mol. The van der Waals surface area contributed by atoms with E-state index in [0.717, 1.165) is 30.8 Å². The van der Waals surface area contributed by atoms with E-state index in [-0.39, 0.29) is 5.78 Å².